The molecule has 2 heterocycles. The average molecular weight is 463 g/mol. The van der Waals surface area contributed by atoms with Gasteiger partial charge in [-0.25, -0.2) is 9.67 Å². The number of thiazole rings is 1. The second kappa shape index (κ2) is 9.20. The monoisotopic (exact) mass is 462 g/mol. The van der Waals surface area contributed by atoms with Crippen molar-refractivity contribution in [2.45, 2.75) is 26.2 Å². The van der Waals surface area contributed by atoms with E-state index in [0.29, 0.717) is 0 Å². The molecule has 0 radical (unpaired) electrons. The van der Waals surface area contributed by atoms with Crippen LogP contribution in [0.1, 0.15) is 48.2 Å². The van der Waals surface area contributed by atoms with Gasteiger partial charge in [0.15, 0.2) is 0 Å². The van der Waals surface area contributed by atoms with Gasteiger partial charge in [-0.15, -0.1) is 16.4 Å². The van der Waals surface area contributed by atoms with Gasteiger partial charge in [-0.3, -0.25) is 0 Å². The van der Waals surface area contributed by atoms with Crippen LogP contribution in [0.15, 0.2) is 79.0 Å². The van der Waals surface area contributed by atoms with Gasteiger partial charge in [-0.05, 0) is 47.0 Å². The lowest BCUT2D eigenvalue weighted by Crippen LogP contribution is -2.17. The first-order chi connectivity index (χ1) is 16.5. The third-order valence-corrected chi connectivity index (χ3v) is 6.59. The van der Waals surface area contributed by atoms with Crippen molar-refractivity contribution in [3.8, 4) is 5.69 Å². The van der Waals surface area contributed by atoms with Crippen molar-refractivity contribution in [1.82, 2.24) is 20.0 Å². The zero-order valence-electron chi connectivity index (χ0n) is 19.5. The Bertz CT molecular complexity index is 1430. The predicted octanol–water partition coefficient (Wildman–Crippen LogP) is 7.52. The molecule has 4 nitrogen and oxygen atoms in total. The van der Waals surface area contributed by atoms with Crippen molar-refractivity contribution < 1.29 is 0 Å². The van der Waals surface area contributed by atoms with Crippen LogP contribution >= 0.6 is 11.3 Å². The average Bonchev–Trinajstić information content (AvgIpc) is 3.50. The lowest BCUT2D eigenvalue weighted by atomic mass is 9.92. The van der Waals surface area contributed by atoms with E-state index >= 15 is 0 Å². The van der Waals surface area contributed by atoms with E-state index in [1.54, 1.807) is 11.3 Å². The van der Waals surface area contributed by atoms with Gasteiger partial charge < -0.3 is 0 Å². The van der Waals surface area contributed by atoms with Crippen LogP contribution in [0.3, 0.4) is 0 Å². The molecular formula is C29H26N4S. The lowest BCUT2D eigenvalue weighted by molar-refractivity contribution is 0.542. The normalized spacial score (nSPS) is 12.3. The van der Waals surface area contributed by atoms with Gasteiger partial charge in [0.1, 0.15) is 5.01 Å². The van der Waals surface area contributed by atoms with Crippen molar-refractivity contribution in [3.63, 3.8) is 0 Å². The maximum Gasteiger partial charge on any atom is 0.117 e. The fraction of sp³-hybridized carbons (Fsp3) is 0.138. The summed E-state index contributed by atoms with van der Waals surface area (Å²) < 4.78 is 3.13. The highest BCUT2D eigenvalue weighted by Gasteiger charge is 2.20. The number of benzene rings is 3. The molecule has 5 heteroatoms. The van der Waals surface area contributed by atoms with Gasteiger partial charge in [0.2, 0.25) is 0 Å². The predicted molar refractivity (Wildman–Crippen MR) is 144 cm³/mol. The Morgan fingerprint density at radius 2 is 1.32 bits per heavy atom. The zero-order chi connectivity index (χ0) is 23.5. The highest BCUT2D eigenvalue weighted by molar-refractivity contribution is 7.19. The van der Waals surface area contributed by atoms with E-state index in [1.807, 2.05) is 23.0 Å². The molecule has 168 valence electrons. The van der Waals surface area contributed by atoms with E-state index in [1.165, 1.54) is 4.70 Å². The minimum Gasteiger partial charge on any atom is -0.237 e. The van der Waals surface area contributed by atoms with Crippen molar-refractivity contribution >= 4 is 45.9 Å². The third kappa shape index (κ3) is 4.90. The summed E-state index contributed by atoms with van der Waals surface area (Å²) in [5.41, 5.74) is 6.60. The van der Waals surface area contributed by atoms with Gasteiger partial charge in [0.05, 0.1) is 27.8 Å². The van der Waals surface area contributed by atoms with Crippen LogP contribution in [0.25, 0.3) is 40.2 Å². The van der Waals surface area contributed by atoms with Crippen LogP contribution < -0.4 is 0 Å². The molecule has 0 aliphatic rings. The molecule has 3 aromatic carbocycles. The van der Waals surface area contributed by atoms with Crippen LogP contribution in [-0.4, -0.2) is 20.0 Å². The van der Waals surface area contributed by atoms with Crippen LogP contribution in [0.5, 0.6) is 0 Å². The molecule has 0 aliphatic heterocycles. The van der Waals surface area contributed by atoms with E-state index in [2.05, 4.69) is 121 Å². The van der Waals surface area contributed by atoms with E-state index in [4.69, 9.17) is 0 Å². The van der Waals surface area contributed by atoms with Gasteiger partial charge >= 0.3 is 0 Å². The summed E-state index contributed by atoms with van der Waals surface area (Å²) in [4.78, 5) is 4.66. The minimum atomic E-state index is -0.0161. The summed E-state index contributed by atoms with van der Waals surface area (Å²) >= 11 is 1.71. The SMILES string of the molecule is CC(C)(C)c1cnnn1-c1ccc(/C=C/c2ccc(/C=C/c3nc4ccccc4s3)cc2)cc1. The van der Waals surface area contributed by atoms with Gasteiger partial charge in [-0.2, -0.15) is 0 Å². The quantitative estimate of drug-likeness (QED) is 0.254. The first-order valence-electron chi connectivity index (χ1n) is 11.3. The number of fused-ring (bicyclic) bond motifs is 1. The molecule has 0 bridgehead atoms. The lowest BCUT2D eigenvalue weighted by Gasteiger charge is -2.19. The number of hydrogen-bond acceptors (Lipinski definition) is 4. The summed E-state index contributed by atoms with van der Waals surface area (Å²) in [7, 11) is 0. The van der Waals surface area contributed by atoms with E-state index in [0.717, 1.165) is 38.6 Å². The largest absolute Gasteiger partial charge is 0.237 e. The fourth-order valence-corrected chi connectivity index (χ4v) is 4.57. The van der Waals surface area contributed by atoms with E-state index in [-0.39, 0.29) is 5.41 Å². The van der Waals surface area contributed by atoms with Crippen molar-refractivity contribution in [2.24, 2.45) is 0 Å². The van der Waals surface area contributed by atoms with Crippen molar-refractivity contribution in [3.05, 3.63) is 106 Å². The Kier molecular flexibility index (Phi) is 5.95. The summed E-state index contributed by atoms with van der Waals surface area (Å²) in [5.74, 6) is 0. The maximum atomic E-state index is 4.66. The van der Waals surface area contributed by atoms with E-state index < -0.39 is 0 Å². The van der Waals surface area contributed by atoms with Crippen molar-refractivity contribution in [2.75, 3.05) is 0 Å². The topological polar surface area (TPSA) is 43.6 Å². The van der Waals surface area contributed by atoms with Gasteiger partial charge in [0, 0.05) is 5.41 Å². The van der Waals surface area contributed by atoms with E-state index in [9.17, 15) is 0 Å². The molecule has 0 N–H and O–H groups in total. The molecule has 0 atom stereocenters. The molecule has 0 aliphatic carbocycles. The molecule has 5 aromatic rings. The number of para-hydroxylation sites is 1. The van der Waals surface area contributed by atoms with Gasteiger partial charge in [-0.1, -0.05) is 92.7 Å². The molecule has 34 heavy (non-hydrogen) atoms. The summed E-state index contributed by atoms with van der Waals surface area (Å²) in [6, 6.07) is 25.1. The van der Waals surface area contributed by atoms with Crippen LogP contribution in [0.4, 0.5) is 0 Å². The maximum absolute atomic E-state index is 4.66. The van der Waals surface area contributed by atoms with Gasteiger partial charge in [0.25, 0.3) is 0 Å². The summed E-state index contributed by atoms with van der Waals surface area (Å²) in [6.45, 7) is 6.50. The molecule has 0 saturated heterocycles. The Hall–Kier alpha value is -3.83. The Labute approximate surface area is 203 Å². The number of aromatic nitrogens is 4. The third-order valence-electron chi connectivity index (χ3n) is 5.59. The molecule has 0 unspecified atom stereocenters. The Balaban J connectivity index is 1.25. The Morgan fingerprint density at radius 1 is 0.735 bits per heavy atom. The van der Waals surface area contributed by atoms with Crippen molar-refractivity contribution in [1.29, 1.82) is 0 Å². The standard InChI is InChI=1S/C29H26N4S/c1-29(2,3)27-20-30-32-33(27)24-17-14-23(15-18-24)13-10-21-8-11-22(12-9-21)16-19-28-31-25-6-4-5-7-26(25)34-28/h4-20H,1-3H3/b13-10+,19-16+. The van der Waals surface area contributed by atoms with Crippen LogP contribution in [0.2, 0.25) is 0 Å². The molecule has 0 amide bonds. The Morgan fingerprint density at radius 3 is 1.94 bits per heavy atom. The highest BCUT2D eigenvalue weighted by atomic mass is 32.1. The second-order valence-corrected chi connectivity index (χ2v) is 10.3. The summed E-state index contributed by atoms with van der Waals surface area (Å²) in [6.07, 6.45) is 10.3. The molecule has 0 saturated carbocycles. The number of nitrogens with zero attached hydrogens (tertiary/aromatic N) is 4. The number of rotatable bonds is 5. The van der Waals surface area contributed by atoms with Crippen LogP contribution in [0, 0.1) is 0 Å². The van der Waals surface area contributed by atoms with Crippen LogP contribution in [-0.2, 0) is 5.41 Å². The first-order valence-corrected chi connectivity index (χ1v) is 12.1. The molecule has 0 spiro atoms. The molecule has 5 rings (SSSR count). The second-order valence-electron chi connectivity index (χ2n) is 9.23. The first kappa shape index (κ1) is 22.0. The number of hydrogen-bond donors (Lipinski definition) is 0. The molecular weight excluding hydrogens is 436 g/mol. The molecule has 2 aromatic heterocycles. The summed E-state index contributed by atoms with van der Waals surface area (Å²) in [5, 5.41) is 9.39. The zero-order valence-corrected chi connectivity index (χ0v) is 20.3. The highest BCUT2D eigenvalue weighted by Crippen LogP contribution is 2.25. The fourth-order valence-electron chi connectivity index (χ4n) is 3.70. The smallest absolute Gasteiger partial charge is 0.117 e. The minimum absolute atomic E-state index is 0.0161. The molecule has 0 fully saturated rings.